The van der Waals surface area contributed by atoms with Gasteiger partial charge in [-0.3, -0.25) is 4.90 Å². The number of rotatable bonds is 1. The third kappa shape index (κ3) is 3.63. The fourth-order valence-corrected chi connectivity index (χ4v) is 2.15. The molecule has 1 heterocycles. The smallest absolute Gasteiger partial charge is 0.410 e. The van der Waals surface area contributed by atoms with Crippen molar-refractivity contribution in [2.45, 2.75) is 32.4 Å². The van der Waals surface area contributed by atoms with Crippen LogP contribution < -0.4 is 0 Å². The molecule has 0 aromatic heterocycles. The van der Waals surface area contributed by atoms with Crippen LogP contribution in [0.5, 0.6) is 5.75 Å². The Kier molecular flexibility index (Phi) is 4.18. The number of phenols is 1. The molecule has 0 saturated carbocycles. The number of benzene rings is 1. The number of nitrogens with zero attached hydrogens (tertiary/aromatic N) is 1. The first-order valence-electron chi connectivity index (χ1n) is 6.73. The van der Waals surface area contributed by atoms with E-state index in [1.807, 2.05) is 26.8 Å². The quantitative estimate of drug-likeness (QED) is 0.858. The molecule has 1 amide bonds. The number of hydrogen-bond acceptors (Lipinski definition) is 4. The third-order valence-corrected chi connectivity index (χ3v) is 3.01. The minimum absolute atomic E-state index is 0.178. The lowest BCUT2D eigenvalue weighted by Gasteiger charge is -2.36. The molecule has 2 rings (SSSR count). The molecule has 1 aromatic carbocycles. The third-order valence-electron chi connectivity index (χ3n) is 3.01. The predicted octanol–water partition coefficient (Wildman–Crippen LogP) is 2.70. The minimum Gasteiger partial charge on any atom is -0.508 e. The highest BCUT2D eigenvalue weighted by Gasteiger charge is 2.32. The van der Waals surface area contributed by atoms with Crippen molar-refractivity contribution < 1.29 is 19.4 Å². The second-order valence-corrected chi connectivity index (χ2v) is 5.86. The Hall–Kier alpha value is -1.75. The molecule has 0 spiro atoms. The zero-order chi connectivity index (χ0) is 14.8. The van der Waals surface area contributed by atoms with E-state index >= 15 is 0 Å². The molecule has 1 atom stereocenters. The highest BCUT2D eigenvalue weighted by molar-refractivity contribution is 5.69. The first-order valence-corrected chi connectivity index (χ1v) is 6.73. The maximum atomic E-state index is 12.3. The van der Waals surface area contributed by atoms with Crippen LogP contribution in [-0.4, -0.2) is 41.5 Å². The molecule has 110 valence electrons. The predicted molar refractivity (Wildman–Crippen MR) is 74.6 cm³/mol. The molecule has 20 heavy (non-hydrogen) atoms. The summed E-state index contributed by atoms with van der Waals surface area (Å²) in [6.07, 6.45) is -0.353. The van der Waals surface area contributed by atoms with Gasteiger partial charge in [0.25, 0.3) is 0 Å². The van der Waals surface area contributed by atoms with Crippen molar-refractivity contribution >= 4 is 6.09 Å². The van der Waals surface area contributed by atoms with Gasteiger partial charge in [0.15, 0.2) is 0 Å². The number of amides is 1. The fraction of sp³-hybridized carbons (Fsp3) is 0.533. The van der Waals surface area contributed by atoms with Gasteiger partial charge in [-0.15, -0.1) is 0 Å². The summed E-state index contributed by atoms with van der Waals surface area (Å²) in [6.45, 7) is 6.91. The van der Waals surface area contributed by atoms with Crippen LogP contribution in [0.2, 0.25) is 0 Å². The normalized spacial score (nSPS) is 19.8. The van der Waals surface area contributed by atoms with E-state index in [1.54, 1.807) is 23.1 Å². The molecule has 0 bridgehead atoms. The summed E-state index contributed by atoms with van der Waals surface area (Å²) in [6, 6.07) is 6.65. The first-order chi connectivity index (χ1) is 9.37. The van der Waals surface area contributed by atoms with Gasteiger partial charge >= 0.3 is 6.09 Å². The van der Waals surface area contributed by atoms with Gasteiger partial charge in [-0.1, -0.05) is 12.1 Å². The summed E-state index contributed by atoms with van der Waals surface area (Å²) in [5.41, 5.74) is 0.314. The summed E-state index contributed by atoms with van der Waals surface area (Å²) in [5.74, 6) is 0.178. The van der Waals surface area contributed by atoms with Crippen LogP contribution in [0, 0.1) is 0 Å². The number of phenolic OH excluding ortho intramolecular Hbond substituents is 1. The van der Waals surface area contributed by atoms with Gasteiger partial charge in [0.2, 0.25) is 0 Å². The van der Waals surface area contributed by atoms with Gasteiger partial charge in [-0.05, 0) is 38.5 Å². The van der Waals surface area contributed by atoms with Crippen LogP contribution in [0.15, 0.2) is 24.3 Å². The lowest BCUT2D eigenvalue weighted by molar-refractivity contribution is -0.0331. The lowest BCUT2D eigenvalue weighted by Crippen LogP contribution is -2.45. The number of hydrogen-bond donors (Lipinski definition) is 1. The Labute approximate surface area is 119 Å². The molecule has 1 unspecified atom stereocenters. The molecular formula is C15H21NO4. The average Bonchev–Trinajstić information content (AvgIpc) is 2.37. The van der Waals surface area contributed by atoms with Gasteiger partial charge < -0.3 is 14.6 Å². The van der Waals surface area contributed by atoms with E-state index < -0.39 is 5.60 Å². The largest absolute Gasteiger partial charge is 0.508 e. The van der Waals surface area contributed by atoms with Crippen LogP contribution in [0.25, 0.3) is 0 Å². The van der Waals surface area contributed by atoms with Crippen LogP contribution in [0.1, 0.15) is 32.4 Å². The molecule has 5 heteroatoms. The highest BCUT2D eigenvalue weighted by Crippen LogP contribution is 2.28. The summed E-state index contributed by atoms with van der Waals surface area (Å²) < 4.78 is 10.9. The number of ether oxygens (including phenoxy) is 2. The van der Waals surface area contributed by atoms with Crippen molar-refractivity contribution in [3.8, 4) is 5.75 Å². The minimum atomic E-state index is -0.529. The van der Waals surface area contributed by atoms with Gasteiger partial charge in [0, 0.05) is 6.54 Å². The molecular weight excluding hydrogens is 258 g/mol. The Morgan fingerprint density at radius 2 is 2.20 bits per heavy atom. The van der Waals surface area contributed by atoms with Crippen LogP contribution in [-0.2, 0) is 9.47 Å². The number of aromatic hydroxyl groups is 1. The van der Waals surface area contributed by atoms with E-state index in [0.29, 0.717) is 19.8 Å². The topological polar surface area (TPSA) is 59.0 Å². The van der Waals surface area contributed by atoms with E-state index in [0.717, 1.165) is 5.56 Å². The maximum Gasteiger partial charge on any atom is 0.410 e. The molecule has 0 aliphatic carbocycles. The Morgan fingerprint density at radius 1 is 1.45 bits per heavy atom. The van der Waals surface area contributed by atoms with Gasteiger partial charge in [0.05, 0.1) is 19.3 Å². The van der Waals surface area contributed by atoms with Crippen molar-refractivity contribution in [3.05, 3.63) is 29.8 Å². The fourth-order valence-electron chi connectivity index (χ4n) is 2.15. The summed E-state index contributed by atoms with van der Waals surface area (Å²) in [5, 5.41) is 9.58. The zero-order valence-electron chi connectivity index (χ0n) is 12.1. The molecule has 1 N–H and O–H groups in total. The summed E-state index contributed by atoms with van der Waals surface area (Å²) in [4.78, 5) is 13.9. The van der Waals surface area contributed by atoms with Crippen molar-refractivity contribution in [2.24, 2.45) is 0 Å². The van der Waals surface area contributed by atoms with E-state index in [1.165, 1.54) is 0 Å². The summed E-state index contributed by atoms with van der Waals surface area (Å²) >= 11 is 0. The second kappa shape index (κ2) is 5.71. The number of morpholine rings is 1. The molecule has 1 saturated heterocycles. The molecule has 5 nitrogen and oxygen atoms in total. The standard InChI is InChI=1S/C15H21NO4/c1-15(2,3)20-14(18)16-7-8-19-10-13(16)11-5-4-6-12(17)9-11/h4-6,9,13,17H,7-8,10H2,1-3H3. The van der Waals surface area contributed by atoms with Crippen molar-refractivity contribution in [3.63, 3.8) is 0 Å². The second-order valence-electron chi connectivity index (χ2n) is 5.86. The Morgan fingerprint density at radius 3 is 2.85 bits per heavy atom. The highest BCUT2D eigenvalue weighted by atomic mass is 16.6. The number of carbonyl (C=O) groups is 1. The van der Waals surface area contributed by atoms with Crippen LogP contribution in [0.3, 0.4) is 0 Å². The van der Waals surface area contributed by atoms with Crippen LogP contribution >= 0.6 is 0 Å². The molecule has 1 aliphatic heterocycles. The van der Waals surface area contributed by atoms with Gasteiger partial charge in [0.1, 0.15) is 11.4 Å². The zero-order valence-corrected chi connectivity index (χ0v) is 12.1. The van der Waals surface area contributed by atoms with E-state index in [4.69, 9.17) is 9.47 Å². The van der Waals surface area contributed by atoms with E-state index in [2.05, 4.69) is 0 Å². The van der Waals surface area contributed by atoms with E-state index in [9.17, 15) is 9.90 Å². The Bertz CT molecular complexity index is 481. The van der Waals surface area contributed by atoms with Gasteiger partial charge in [-0.25, -0.2) is 4.79 Å². The molecule has 1 aliphatic rings. The van der Waals surface area contributed by atoms with Crippen LogP contribution in [0.4, 0.5) is 4.79 Å². The molecule has 1 aromatic rings. The average molecular weight is 279 g/mol. The lowest BCUT2D eigenvalue weighted by atomic mass is 10.0. The SMILES string of the molecule is CC(C)(C)OC(=O)N1CCOCC1c1cccc(O)c1. The Balaban J connectivity index is 2.19. The van der Waals surface area contributed by atoms with Crippen molar-refractivity contribution in [1.29, 1.82) is 0 Å². The van der Waals surface area contributed by atoms with E-state index in [-0.39, 0.29) is 17.9 Å². The molecule has 1 fully saturated rings. The van der Waals surface area contributed by atoms with Crippen molar-refractivity contribution in [2.75, 3.05) is 19.8 Å². The maximum absolute atomic E-state index is 12.3. The first kappa shape index (κ1) is 14.7. The number of carbonyl (C=O) groups excluding carboxylic acids is 1. The monoisotopic (exact) mass is 279 g/mol. The van der Waals surface area contributed by atoms with Crippen molar-refractivity contribution in [1.82, 2.24) is 4.90 Å². The van der Waals surface area contributed by atoms with Gasteiger partial charge in [-0.2, -0.15) is 0 Å². The molecule has 0 radical (unpaired) electrons. The summed E-state index contributed by atoms with van der Waals surface area (Å²) in [7, 11) is 0.